The van der Waals surface area contributed by atoms with Crippen LogP contribution < -0.4 is 0 Å². The van der Waals surface area contributed by atoms with Crippen molar-refractivity contribution in [2.45, 2.75) is 49.7 Å². The predicted octanol–water partition coefficient (Wildman–Crippen LogP) is 2.22. The van der Waals surface area contributed by atoms with Crippen molar-refractivity contribution >= 4 is 15.8 Å². The third-order valence-electron chi connectivity index (χ3n) is 3.69. The van der Waals surface area contributed by atoms with Gasteiger partial charge in [-0.05, 0) is 36.5 Å². The van der Waals surface area contributed by atoms with E-state index in [0.29, 0.717) is 18.8 Å². The number of carboxylic acid groups (broad SMARTS) is 1. The van der Waals surface area contributed by atoms with Gasteiger partial charge in [0.05, 0.1) is 16.8 Å². The van der Waals surface area contributed by atoms with Crippen LogP contribution in [-0.2, 0) is 19.4 Å². The summed E-state index contributed by atoms with van der Waals surface area (Å²) in [5.74, 6) is -0.856. The lowest BCUT2D eigenvalue weighted by Gasteiger charge is -2.12. The van der Waals surface area contributed by atoms with E-state index < -0.39 is 28.0 Å². The lowest BCUT2D eigenvalue weighted by molar-refractivity contribution is -0.148. The van der Waals surface area contributed by atoms with Gasteiger partial charge < -0.3 is 9.84 Å². The van der Waals surface area contributed by atoms with Crippen molar-refractivity contribution in [3.63, 3.8) is 0 Å². The highest BCUT2D eigenvalue weighted by Gasteiger charge is 2.33. The van der Waals surface area contributed by atoms with Gasteiger partial charge in [-0.2, -0.15) is 0 Å². The molecule has 21 heavy (non-hydrogen) atoms. The molecule has 1 N–H and O–H groups in total. The van der Waals surface area contributed by atoms with Gasteiger partial charge in [0.1, 0.15) is 0 Å². The molecule has 1 saturated heterocycles. The van der Waals surface area contributed by atoms with Crippen molar-refractivity contribution in [1.82, 2.24) is 0 Å². The van der Waals surface area contributed by atoms with Crippen molar-refractivity contribution in [2.75, 3.05) is 5.75 Å². The van der Waals surface area contributed by atoms with Crippen LogP contribution in [0.25, 0.3) is 0 Å². The standard InChI is InChI=1S/C15H20O5S/c1-10(2)11-3-6-13(7-4-11)21(18,19)9-12-5-8-14(20-12)15(16)17/h3-4,6-7,10,12,14H,5,8-9H2,1-2H3,(H,16,17). The summed E-state index contributed by atoms with van der Waals surface area (Å²) in [4.78, 5) is 11.1. The fourth-order valence-corrected chi connectivity index (χ4v) is 3.89. The highest BCUT2D eigenvalue weighted by atomic mass is 32.2. The molecule has 0 saturated carbocycles. The van der Waals surface area contributed by atoms with Crippen LogP contribution >= 0.6 is 0 Å². The van der Waals surface area contributed by atoms with Gasteiger partial charge in [0, 0.05) is 0 Å². The first kappa shape index (κ1) is 16.0. The Labute approximate surface area is 124 Å². The summed E-state index contributed by atoms with van der Waals surface area (Å²) >= 11 is 0. The number of carbonyl (C=O) groups is 1. The summed E-state index contributed by atoms with van der Waals surface area (Å²) < 4.78 is 29.9. The monoisotopic (exact) mass is 312 g/mol. The van der Waals surface area contributed by atoms with Crippen LogP contribution in [0, 0.1) is 0 Å². The Bertz CT molecular complexity index is 603. The molecule has 1 aromatic carbocycles. The second-order valence-electron chi connectivity index (χ2n) is 5.67. The van der Waals surface area contributed by atoms with Crippen molar-refractivity contribution in [1.29, 1.82) is 0 Å². The highest BCUT2D eigenvalue weighted by Crippen LogP contribution is 2.24. The Morgan fingerprint density at radius 3 is 2.38 bits per heavy atom. The van der Waals surface area contributed by atoms with Gasteiger partial charge in [0.2, 0.25) is 0 Å². The smallest absolute Gasteiger partial charge is 0.332 e. The first-order valence-electron chi connectivity index (χ1n) is 7.00. The molecule has 116 valence electrons. The molecule has 0 bridgehead atoms. The van der Waals surface area contributed by atoms with Crippen molar-refractivity contribution in [3.8, 4) is 0 Å². The fourth-order valence-electron chi connectivity index (χ4n) is 2.41. The molecule has 0 amide bonds. The predicted molar refractivity (Wildman–Crippen MR) is 78.1 cm³/mol. The summed E-state index contributed by atoms with van der Waals surface area (Å²) in [6.45, 7) is 4.09. The average Bonchev–Trinajstić information content (AvgIpc) is 2.87. The van der Waals surface area contributed by atoms with Crippen LogP contribution in [0.5, 0.6) is 0 Å². The van der Waals surface area contributed by atoms with Gasteiger partial charge in [-0.15, -0.1) is 0 Å². The molecule has 2 unspecified atom stereocenters. The van der Waals surface area contributed by atoms with Gasteiger partial charge in [-0.25, -0.2) is 13.2 Å². The first-order chi connectivity index (χ1) is 9.79. The quantitative estimate of drug-likeness (QED) is 0.901. The zero-order chi connectivity index (χ0) is 15.6. The van der Waals surface area contributed by atoms with Crippen molar-refractivity contribution in [3.05, 3.63) is 29.8 Å². The zero-order valence-electron chi connectivity index (χ0n) is 12.2. The molecule has 0 aliphatic carbocycles. The molecule has 1 aromatic rings. The van der Waals surface area contributed by atoms with E-state index in [1.54, 1.807) is 12.1 Å². The number of rotatable bonds is 5. The molecular formula is C15H20O5S. The molecule has 0 spiro atoms. The van der Waals surface area contributed by atoms with Gasteiger partial charge in [-0.1, -0.05) is 26.0 Å². The van der Waals surface area contributed by atoms with Gasteiger partial charge in [0.25, 0.3) is 0 Å². The van der Waals surface area contributed by atoms with E-state index in [9.17, 15) is 13.2 Å². The minimum atomic E-state index is -3.45. The Morgan fingerprint density at radius 2 is 1.90 bits per heavy atom. The maximum absolute atomic E-state index is 12.3. The normalized spacial score (nSPS) is 22.6. The summed E-state index contributed by atoms with van der Waals surface area (Å²) in [5.41, 5.74) is 1.08. The number of carboxylic acids is 1. The van der Waals surface area contributed by atoms with Gasteiger partial charge >= 0.3 is 5.97 Å². The number of hydrogen-bond acceptors (Lipinski definition) is 4. The average molecular weight is 312 g/mol. The van der Waals surface area contributed by atoms with Crippen LogP contribution in [-0.4, -0.2) is 37.5 Å². The van der Waals surface area contributed by atoms with E-state index in [0.717, 1.165) is 5.56 Å². The Kier molecular flexibility index (Phi) is 4.68. The van der Waals surface area contributed by atoms with Crippen molar-refractivity contribution < 1.29 is 23.1 Å². The molecule has 0 aromatic heterocycles. The highest BCUT2D eigenvalue weighted by molar-refractivity contribution is 7.91. The summed E-state index contributed by atoms with van der Waals surface area (Å²) in [5, 5.41) is 8.85. The second kappa shape index (κ2) is 6.15. The molecule has 2 atom stereocenters. The van der Waals surface area contributed by atoms with Gasteiger partial charge in [0.15, 0.2) is 15.9 Å². The Hall–Kier alpha value is -1.40. The molecule has 1 aliphatic heterocycles. The second-order valence-corrected chi connectivity index (χ2v) is 7.70. The number of aliphatic carboxylic acids is 1. The minimum Gasteiger partial charge on any atom is -0.479 e. The van der Waals surface area contributed by atoms with E-state index >= 15 is 0 Å². The number of hydrogen-bond donors (Lipinski definition) is 1. The fraction of sp³-hybridized carbons (Fsp3) is 0.533. The van der Waals surface area contributed by atoms with E-state index in [1.807, 2.05) is 26.0 Å². The molecule has 0 radical (unpaired) electrons. The first-order valence-corrected chi connectivity index (χ1v) is 8.66. The molecule has 5 nitrogen and oxygen atoms in total. The van der Waals surface area contributed by atoms with Crippen LogP contribution in [0.1, 0.15) is 38.2 Å². The number of benzene rings is 1. The van der Waals surface area contributed by atoms with Crippen molar-refractivity contribution in [2.24, 2.45) is 0 Å². The minimum absolute atomic E-state index is 0.169. The molecule has 1 fully saturated rings. The van der Waals surface area contributed by atoms with E-state index in [1.165, 1.54) is 0 Å². The summed E-state index contributed by atoms with van der Waals surface area (Å²) in [7, 11) is -3.45. The zero-order valence-corrected chi connectivity index (χ0v) is 13.0. The van der Waals surface area contributed by atoms with Gasteiger partial charge in [-0.3, -0.25) is 0 Å². The number of ether oxygens (including phenoxy) is 1. The Morgan fingerprint density at radius 1 is 1.29 bits per heavy atom. The van der Waals surface area contributed by atoms with Crippen LogP contribution in [0.4, 0.5) is 0 Å². The maximum atomic E-state index is 12.3. The van der Waals surface area contributed by atoms with Crippen LogP contribution in [0.2, 0.25) is 0 Å². The molecular weight excluding hydrogens is 292 g/mol. The Balaban J connectivity index is 2.07. The summed E-state index contributed by atoms with van der Waals surface area (Å²) in [6.07, 6.45) is -0.600. The lowest BCUT2D eigenvalue weighted by Crippen LogP contribution is -2.25. The maximum Gasteiger partial charge on any atom is 0.332 e. The number of sulfone groups is 1. The topological polar surface area (TPSA) is 80.7 Å². The SMILES string of the molecule is CC(C)c1ccc(S(=O)(=O)CC2CCC(C(=O)O)O2)cc1. The molecule has 1 heterocycles. The molecule has 2 rings (SSSR count). The van der Waals surface area contributed by atoms with Crippen LogP contribution in [0.15, 0.2) is 29.2 Å². The third-order valence-corrected chi connectivity index (χ3v) is 5.50. The molecule has 1 aliphatic rings. The van der Waals surface area contributed by atoms with E-state index in [2.05, 4.69) is 0 Å². The summed E-state index contributed by atoms with van der Waals surface area (Å²) in [6, 6.07) is 6.84. The molecule has 6 heteroatoms. The largest absolute Gasteiger partial charge is 0.479 e. The lowest BCUT2D eigenvalue weighted by atomic mass is 10.0. The van der Waals surface area contributed by atoms with E-state index in [4.69, 9.17) is 9.84 Å². The third kappa shape index (κ3) is 3.83. The van der Waals surface area contributed by atoms with Crippen LogP contribution in [0.3, 0.4) is 0 Å². The van der Waals surface area contributed by atoms with E-state index in [-0.39, 0.29) is 10.6 Å².